The number of nitrogens with one attached hydrogen (secondary N) is 1. The molecule has 0 atom stereocenters. The van der Waals surface area contributed by atoms with Gasteiger partial charge in [0.25, 0.3) is 0 Å². The van der Waals surface area contributed by atoms with Crippen molar-refractivity contribution < 1.29 is 0 Å². The van der Waals surface area contributed by atoms with Crippen molar-refractivity contribution in [2.45, 2.75) is 40.5 Å². The van der Waals surface area contributed by atoms with Crippen LogP contribution >= 0.6 is 15.9 Å². The van der Waals surface area contributed by atoms with Crippen LogP contribution < -0.4 is 5.32 Å². The molecule has 2 rings (SSSR count). The Morgan fingerprint density at radius 2 is 1.90 bits per heavy atom. The Labute approximate surface area is 135 Å². The first-order valence-corrected chi connectivity index (χ1v) is 8.24. The van der Waals surface area contributed by atoms with Gasteiger partial charge in [-0.3, -0.25) is 0 Å². The molecule has 0 amide bonds. The number of halogens is 1. The fourth-order valence-corrected chi connectivity index (χ4v) is 2.78. The van der Waals surface area contributed by atoms with E-state index in [9.17, 15) is 0 Å². The van der Waals surface area contributed by atoms with Gasteiger partial charge in [-0.25, -0.2) is 9.97 Å². The summed E-state index contributed by atoms with van der Waals surface area (Å²) in [5, 5.41) is 3.38. The fraction of sp³-hybridized carbons (Fsp3) is 0.412. The highest BCUT2D eigenvalue weighted by Gasteiger charge is 2.13. The summed E-state index contributed by atoms with van der Waals surface area (Å²) in [5.41, 5.74) is 4.57. The molecule has 0 bridgehead atoms. The molecule has 0 saturated heterocycles. The normalized spacial score (nSPS) is 10.7. The molecule has 1 aromatic heterocycles. The number of benzene rings is 1. The van der Waals surface area contributed by atoms with Crippen LogP contribution in [0.25, 0.3) is 11.4 Å². The highest BCUT2D eigenvalue weighted by molar-refractivity contribution is 9.10. The maximum atomic E-state index is 4.73. The van der Waals surface area contributed by atoms with E-state index in [4.69, 9.17) is 9.97 Å². The molecule has 0 aliphatic rings. The van der Waals surface area contributed by atoms with Crippen LogP contribution in [0.1, 0.15) is 37.1 Å². The van der Waals surface area contributed by atoms with E-state index in [2.05, 4.69) is 67.1 Å². The number of hydrogen-bond acceptors (Lipinski definition) is 3. The highest BCUT2D eigenvalue weighted by atomic mass is 79.9. The minimum atomic E-state index is 0.801. The molecule has 2 aromatic rings. The smallest absolute Gasteiger partial charge is 0.162 e. The number of anilines is 1. The Morgan fingerprint density at radius 3 is 2.57 bits per heavy atom. The van der Waals surface area contributed by atoms with Crippen LogP contribution in [0.2, 0.25) is 0 Å². The zero-order chi connectivity index (χ0) is 15.4. The van der Waals surface area contributed by atoms with Crippen molar-refractivity contribution in [1.29, 1.82) is 0 Å². The summed E-state index contributed by atoms with van der Waals surface area (Å²) in [6, 6.07) is 6.40. The van der Waals surface area contributed by atoms with E-state index in [-0.39, 0.29) is 0 Å². The minimum Gasteiger partial charge on any atom is -0.369 e. The second kappa shape index (κ2) is 7.03. The molecule has 1 aromatic carbocycles. The summed E-state index contributed by atoms with van der Waals surface area (Å²) in [7, 11) is 0. The van der Waals surface area contributed by atoms with Gasteiger partial charge < -0.3 is 5.32 Å². The Morgan fingerprint density at radius 1 is 1.14 bits per heavy atom. The van der Waals surface area contributed by atoms with Gasteiger partial charge in [0.2, 0.25) is 0 Å². The molecule has 0 aliphatic heterocycles. The summed E-state index contributed by atoms with van der Waals surface area (Å²) in [4.78, 5) is 9.46. The van der Waals surface area contributed by atoms with Crippen LogP contribution in [-0.2, 0) is 6.42 Å². The molecule has 3 nitrogen and oxygen atoms in total. The van der Waals surface area contributed by atoms with Crippen molar-refractivity contribution in [2.75, 3.05) is 11.9 Å². The zero-order valence-electron chi connectivity index (χ0n) is 13.1. The third kappa shape index (κ3) is 3.62. The first-order chi connectivity index (χ1) is 10.1. The maximum absolute atomic E-state index is 4.73. The molecule has 0 radical (unpaired) electrons. The predicted molar refractivity (Wildman–Crippen MR) is 92.8 cm³/mol. The second-order valence-corrected chi connectivity index (χ2v) is 6.05. The van der Waals surface area contributed by atoms with Gasteiger partial charge in [-0.1, -0.05) is 31.5 Å². The molecule has 0 saturated carbocycles. The average Bonchev–Trinajstić information content (AvgIpc) is 2.48. The number of rotatable bonds is 5. The third-order valence-corrected chi connectivity index (χ3v) is 4.26. The molecule has 1 N–H and O–H groups in total. The molecule has 112 valence electrons. The molecule has 0 spiro atoms. The van der Waals surface area contributed by atoms with Crippen molar-refractivity contribution in [2.24, 2.45) is 0 Å². The number of hydrogen-bond donors (Lipinski definition) is 1. The van der Waals surface area contributed by atoms with E-state index >= 15 is 0 Å². The van der Waals surface area contributed by atoms with Gasteiger partial charge in [0, 0.05) is 12.1 Å². The lowest BCUT2D eigenvalue weighted by Crippen LogP contribution is -2.07. The summed E-state index contributed by atoms with van der Waals surface area (Å²) < 4.78 is 0.979. The lowest BCUT2D eigenvalue weighted by atomic mass is 10.0. The van der Waals surface area contributed by atoms with Crippen molar-refractivity contribution in [1.82, 2.24) is 9.97 Å². The third-order valence-electron chi connectivity index (χ3n) is 3.43. The Balaban J connectivity index is 2.55. The Hall–Kier alpha value is -1.42. The molecular weight excluding hydrogens is 326 g/mol. The zero-order valence-corrected chi connectivity index (χ0v) is 14.7. The fourth-order valence-electron chi connectivity index (χ4n) is 2.19. The van der Waals surface area contributed by atoms with Gasteiger partial charge in [-0.05, 0) is 54.2 Å². The first-order valence-electron chi connectivity index (χ1n) is 7.44. The van der Waals surface area contributed by atoms with E-state index in [0.717, 1.165) is 46.8 Å². The monoisotopic (exact) mass is 347 g/mol. The average molecular weight is 348 g/mol. The van der Waals surface area contributed by atoms with Gasteiger partial charge >= 0.3 is 0 Å². The lowest BCUT2D eigenvalue weighted by molar-refractivity contribution is 0.943. The minimum absolute atomic E-state index is 0.801. The van der Waals surface area contributed by atoms with Crippen LogP contribution in [0.5, 0.6) is 0 Å². The number of aryl methyl sites for hydroxylation is 3. The lowest BCUT2D eigenvalue weighted by Gasteiger charge is -2.13. The summed E-state index contributed by atoms with van der Waals surface area (Å²) >= 11 is 3.62. The van der Waals surface area contributed by atoms with Crippen molar-refractivity contribution in [3.63, 3.8) is 0 Å². The van der Waals surface area contributed by atoms with Gasteiger partial charge in [0.05, 0.1) is 10.2 Å². The Kier molecular flexibility index (Phi) is 5.34. The quantitative estimate of drug-likeness (QED) is 0.834. The maximum Gasteiger partial charge on any atom is 0.162 e. The SMILES string of the molecule is CCCNc1nc(-c2cc(C)ccc2C)nc(CC)c1Br. The number of aromatic nitrogens is 2. The summed E-state index contributed by atoms with van der Waals surface area (Å²) in [6.45, 7) is 9.37. The number of nitrogens with zero attached hydrogens (tertiary/aromatic N) is 2. The van der Waals surface area contributed by atoms with E-state index in [1.807, 2.05) is 0 Å². The predicted octanol–water partition coefficient (Wildman–Crippen LogP) is 4.91. The van der Waals surface area contributed by atoms with Crippen molar-refractivity contribution >= 4 is 21.7 Å². The van der Waals surface area contributed by atoms with Gasteiger partial charge in [0.1, 0.15) is 5.82 Å². The van der Waals surface area contributed by atoms with E-state index < -0.39 is 0 Å². The molecule has 21 heavy (non-hydrogen) atoms. The van der Waals surface area contributed by atoms with Crippen LogP contribution in [0.15, 0.2) is 22.7 Å². The summed E-state index contributed by atoms with van der Waals surface area (Å²) in [6.07, 6.45) is 1.94. The topological polar surface area (TPSA) is 37.8 Å². The second-order valence-electron chi connectivity index (χ2n) is 5.26. The summed E-state index contributed by atoms with van der Waals surface area (Å²) in [5.74, 6) is 1.69. The standard InChI is InChI=1S/C17H22BrN3/c1-5-9-19-17-15(18)14(6-2)20-16(21-17)13-10-11(3)7-8-12(13)4/h7-8,10H,5-6,9H2,1-4H3,(H,19,20,21). The molecular formula is C17H22BrN3. The molecule has 1 heterocycles. The van der Waals surface area contributed by atoms with Crippen LogP contribution in [0.4, 0.5) is 5.82 Å². The van der Waals surface area contributed by atoms with E-state index in [1.54, 1.807) is 0 Å². The van der Waals surface area contributed by atoms with Gasteiger partial charge in [0.15, 0.2) is 5.82 Å². The van der Waals surface area contributed by atoms with Crippen LogP contribution in [-0.4, -0.2) is 16.5 Å². The van der Waals surface area contributed by atoms with Crippen LogP contribution in [0.3, 0.4) is 0 Å². The first kappa shape index (κ1) is 16.0. The highest BCUT2D eigenvalue weighted by Crippen LogP contribution is 2.29. The Bertz CT molecular complexity index is 638. The van der Waals surface area contributed by atoms with E-state index in [0.29, 0.717) is 0 Å². The molecule has 0 unspecified atom stereocenters. The molecule has 0 fully saturated rings. The van der Waals surface area contributed by atoms with Gasteiger partial charge in [-0.2, -0.15) is 0 Å². The molecule has 0 aliphatic carbocycles. The largest absolute Gasteiger partial charge is 0.369 e. The van der Waals surface area contributed by atoms with Gasteiger partial charge in [-0.15, -0.1) is 0 Å². The van der Waals surface area contributed by atoms with Crippen molar-refractivity contribution in [3.8, 4) is 11.4 Å². The molecule has 4 heteroatoms. The van der Waals surface area contributed by atoms with Crippen LogP contribution in [0, 0.1) is 13.8 Å². The van der Waals surface area contributed by atoms with Crippen molar-refractivity contribution in [3.05, 3.63) is 39.5 Å². The van der Waals surface area contributed by atoms with E-state index in [1.165, 1.54) is 11.1 Å².